The molecular weight excluding hydrogens is 378 g/mol. The number of rotatable bonds is 6. The molecule has 0 radical (unpaired) electrons. The molecule has 0 unspecified atom stereocenters. The number of fused-ring (bicyclic) bond motifs is 2. The van der Waals surface area contributed by atoms with E-state index in [-0.39, 0.29) is 36.1 Å². The van der Waals surface area contributed by atoms with E-state index in [0.29, 0.717) is 11.3 Å². The molecule has 4 rings (SSSR count). The molecule has 0 spiro atoms. The number of ether oxygens (including phenoxy) is 1. The summed E-state index contributed by atoms with van der Waals surface area (Å²) in [5, 5.41) is 2.78. The van der Waals surface area contributed by atoms with Crippen molar-refractivity contribution in [1.82, 2.24) is 0 Å². The number of carbonyl (C=O) groups is 3. The van der Waals surface area contributed by atoms with Gasteiger partial charge in [-0.05, 0) is 68.2 Å². The fourth-order valence-corrected chi connectivity index (χ4v) is 5.28. The van der Waals surface area contributed by atoms with Crippen LogP contribution in [-0.2, 0) is 14.3 Å². The zero-order chi connectivity index (χ0) is 21.3. The highest BCUT2D eigenvalue weighted by atomic mass is 16.5. The molecule has 0 saturated heterocycles. The predicted molar refractivity (Wildman–Crippen MR) is 114 cm³/mol. The van der Waals surface area contributed by atoms with Crippen molar-refractivity contribution in [2.24, 2.45) is 23.7 Å². The average molecular weight is 405 g/mol. The van der Waals surface area contributed by atoms with Crippen LogP contribution in [0.2, 0.25) is 0 Å². The Morgan fingerprint density at radius 1 is 0.933 bits per heavy atom. The molecule has 1 N–H and O–H groups in total. The van der Waals surface area contributed by atoms with Gasteiger partial charge in [0.15, 0.2) is 12.4 Å². The quantitative estimate of drug-likeness (QED) is 0.573. The number of anilines is 1. The van der Waals surface area contributed by atoms with Gasteiger partial charge in [-0.15, -0.1) is 0 Å². The lowest BCUT2D eigenvalue weighted by Crippen LogP contribution is -2.37. The van der Waals surface area contributed by atoms with Crippen LogP contribution < -0.4 is 5.32 Å². The van der Waals surface area contributed by atoms with Gasteiger partial charge in [-0.1, -0.05) is 36.4 Å². The molecular formula is C25H27NO4. The molecule has 2 aliphatic rings. The maximum atomic E-state index is 13.1. The molecule has 2 bridgehead atoms. The Morgan fingerprint density at radius 3 is 2.23 bits per heavy atom. The zero-order valence-corrected chi connectivity index (χ0v) is 17.4. The first-order chi connectivity index (χ1) is 14.4. The normalized spacial score (nSPS) is 24.5. The van der Waals surface area contributed by atoms with Crippen LogP contribution in [0.5, 0.6) is 0 Å². The summed E-state index contributed by atoms with van der Waals surface area (Å²) in [4.78, 5) is 38.3. The lowest BCUT2D eigenvalue weighted by molar-refractivity contribution is -0.154. The molecule has 30 heavy (non-hydrogen) atoms. The number of ketones is 1. The number of carbonyl (C=O) groups excluding carboxylic acids is 3. The number of aryl methyl sites for hydroxylation is 2. The zero-order valence-electron chi connectivity index (χ0n) is 17.4. The lowest BCUT2D eigenvalue weighted by Gasteiger charge is -2.28. The van der Waals surface area contributed by atoms with Crippen LogP contribution in [0.1, 0.15) is 40.7 Å². The molecule has 5 nitrogen and oxygen atoms in total. The molecule has 1 amide bonds. The Kier molecular flexibility index (Phi) is 5.71. The van der Waals surface area contributed by atoms with E-state index < -0.39 is 11.9 Å². The number of hydrogen-bond donors (Lipinski definition) is 1. The summed E-state index contributed by atoms with van der Waals surface area (Å²) < 4.78 is 5.39. The largest absolute Gasteiger partial charge is 0.455 e. The Balaban J connectivity index is 1.40. The van der Waals surface area contributed by atoms with Crippen LogP contribution in [-0.4, -0.2) is 24.3 Å². The van der Waals surface area contributed by atoms with Gasteiger partial charge in [0.05, 0.1) is 5.92 Å². The summed E-state index contributed by atoms with van der Waals surface area (Å²) in [6.07, 6.45) is 2.81. The second-order valence-electron chi connectivity index (χ2n) is 8.65. The van der Waals surface area contributed by atoms with Gasteiger partial charge >= 0.3 is 5.97 Å². The van der Waals surface area contributed by atoms with Crippen molar-refractivity contribution in [2.45, 2.75) is 33.1 Å². The van der Waals surface area contributed by atoms with Crippen molar-refractivity contribution in [2.75, 3.05) is 11.9 Å². The highest BCUT2D eigenvalue weighted by Gasteiger charge is 2.54. The maximum absolute atomic E-state index is 13.1. The summed E-state index contributed by atoms with van der Waals surface area (Å²) in [5.41, 5.74) is 3.42. The van der Waals surface area contributed by atoms with E-state index in [1.165, 1.54) is 0 Å². The summed E-state index contributed by atoms with van der Waals surface area (Å²) in [7, 11) is 0. The summed E-state index contributed by atoms with van der Waals surface area (Å²) in [5.74, 6) is -1.18. The van der Waals surface area contributed by atoms with E-state index in [1.54, 1.807) is 12.1 Å². The minimum atomic E-state index is -0.453. The fraction of sp³-hybridized carbons (Fsp3) is 0.400. The van der Waals surface area contributed by atoms with Crippen LogP contribution in [0.4, 0.5) is 5.69 Å². The number of esters is 1. The van der Waals surface area contributed by atoms with Gasteiger partial charge in [-0.2, -0.15) is 0 Å². The Bertz CT molecular complexity index is 948. The van der Waals surface area contributed by atoms with E-state index in [4.69, 9.17) is 4.74 Å². The Labute approximate surface area is 176 Å². The molecule has 2 fully saturated rings. The third-order valence-corrected chi connectivity index (χ3v) is 6.40. The van der Waals surface area contributed by atoms with E-state index >= 15 is 0 Å². The number of benzene rings is 2. The Hall–Kier alpha value is -2.95. The molecule has 2 aromatic carbocycles. The van der Waals surface area contributed by atoms with Crippen molar-refractivity contribution in [3.05, 3.63) is 65.2 Å². The van der Waals surface area contributed by atoms with Crippen molar-refractivity contribution < 1.29 is 19.1 Å². The van der Waals surface area contributed by atoms with E-state index in [9.17, 15) is 14.4 Å². The molecule has 0 aliphatic heterocycles. The monoisotopic (exact) mass is 405 g/mol. The Morgan fingerprint density at radius 2 is 1.57 bits per heavy atom. The van der Waals surface area contributed by atoms with Crippen molar-refractivity contribution in [3.8, 4) is 0 Å². The molecule has 2 saturated carbocycles. The second kappa shape index (κ2) is 8.42. The fourth-order valence-electron chi connectivity index (χ4n) is 5.28. The molecule has 0 aromatic heterocycles. The molecule has 2 aromatic rings. The van der Waals surface area contributed by atoms with Crippen LogP contribution >= 0.6 is 0 Å². The smallest absolute Gasteiger partial charge is 0.310 e. The van der Waals surface area contributed by atoms with Crippen molar-refractivity contribution in [3.63, 3.8) is 0 Å². The summed E-state index contributed by atoms with van der Waals surface area (Å²) in [6.45, 7) is 3.58. The third-order valence-electron chi connectivity index (χ3n) is 6.40. The van der Waals surface area contributed by atoms with Crippen LogP contribution in [0.15, 0.2) is 48.5 Å². The number of nitrogens with one attached hydrogen (secondary N) is 1. The molecule has 2 aliphatic carbocycles. The number of hydrogen-bond acceptors (Lipinski definition) is 4. The SMILES string of the molecule is Cc1cc(C)cc(NC(=O)COC(=O)[C@H]2[C@H]3CC[C@@H](C3)[C@H]2C(=O)c2ccccc2)c1. The van der Waals surface area contributed by atoms with E-state index in [1.807, 2.05) is 50.2 Å². The predicted octanol–water partition coefficient (Wildman–Crippen LogP) is 4.33. The average Bonchev–Trinajstić information content (AvgIpc) is 3.33. The van der Waals surface area contributed by atoms with Gasteiger partial charge < -0.3 is 10.1 Å². The minimum absolute atomic E-state index is 0.0180. The van der Waals surface area contributed by atoms with Crippen molar-refractivity contribution in [1.29, 1.82) is 0 Å². The third kappa shape index (κ3) is 4.16. The summed E-state index contributed by atoms with van der Waals surface area (Å²) >= 11 is 0. The van der Waals surface area contributed by atoms with Crippen LogP contribution in [0.25, 0.3) is 0 Å². The summed E-state index contributed by atoms with van der Waals surface area (Å²) in [6, 6.07) is 14.9. The van der Waals surface area contributed by atoms with Crippen LogP contribution in [0, 0.1) is 37.5 Å². The first-order valence-electron chi connectivity index (χ1n) is 10.6. The van der Waals surface area contributed by atoms with Gasteiger partial charge in [-0.25, -0.2) is 0 Å². The highest BCUT2D eigenvalue weighted by molar-refractivity contribution is 6.01. The van der Waals surface area contributed by atoms with Crippen LogP contribution in [0.3, 0.4) is 0 Å². The van der Waals surface area contributed by atoms with Gasteiger partial charge in [0, 0.05) is 17.2 Å². The minimum Gasteiger partial charge on any atom is -0.455 e. The van der Waals surface area contributed by atoms with Gasteiger partial charge in [0.2, 0.25) is 0 Å². The first kappa shape index (κ1) is 20.3. The topological polar surface area (TPSA) is 72.5 Å². The van der Waals surface area contributed by atoms with E-state index in [2.05, 4.69) is 5.32 Å². The number of amides is 1. The van der Waals surface area contributed by atoms with Crippen molar-refractivity contribution >= 4 is 23.3 Å². The van der Waals surface area contributed by atoms with Gasteiger partial charge in [-0.3, -0.25) is 14.4 Å². The van der Waals surface area contributed by atoms with Gasteiger partial charge in [0.1, 0.15) is 0 Å². The first-order valence-corrected chi connectivity index (χ1v) is 10.6. The van der Waals surface area contributed by atoms with Gasteiger partial charge in [0.25, 0.3) is 5.91 Å². The second-order valence-corrected chi connectivity index (χ2v) is 8.65. The maximum Gasteiger partial charge on any atom is 0.310 e. The molecule has 0 heterocycles. The van der Waals surface area contributed by atoms with E-state index in [0.717, 1.165) is 30.4 Å². The highest BCUT2D eigenvalue weighted by Crippen LogP contribution is 2.53. The molecule has 5 heteroatoms. The number of Topliss-reactive ketones (excluding diaryl/α,β-unsaturated/α-hetero) is 1. The lowest BCUT2D eigenvalue weighted by atomic mass is 9.75. The molecule has 156 valence electrons. The molecule has 4 atom stereocenters. The standard InChI is InChI=1S/C25H27NO4/c1-15-10-16(2)12-20(11-15)26-21(27)14-30-25(29)23-19-9-8-18(13-19)22(23)24(28)17-6-4-3-5-7-17/h3-7,10-12,18-19,22-23H,8-9,13-14H2,1-2H3,(H,26,27)/t18-,19-,22+,23-/m0/s1.